The van der Waals surface area contributed by atoms with Gasteiger partial charge in [-0.25, -0.2) is 8.78 Å². The van der Waals surface area contributed by atoms with E-state index in [9.17, 15) is 18.4 Å². The van der Waals surface area contributed by atoms with Crippen molar-refractivity contribution in [2.24, 2.45) is 5.92 Å². The molecule has 1 amide bonds. The van der Waals surface area contributed by atoms with Gasteiger partial charge >= 0.3 is 5.97 Å². The largest absolute Gasteiger partial charge is 0.481 e. The SMILES string of the molecule is Cc1ccccc1C(CC(=O)O)NC(=O)C1CC1c1cc(F)ccc1F. The molecule has 3 rings (SSSR count). The van der Waals surface area contributed by atoms with Crippen LogP contribution in [-0.4, -0.2) is 17.0 Å². The first-order chi connectivity index (χ1) is 12.4. The van der Waals surface area contributed by atoms with E-state index in [4.69, 9.17) is 5.11 Å². The van der Waals surface area contributed by atoms with E-state index in [1.807, 2.05) is 19.1 Å². The third-order valence-electron chi connectivity index (χ3n) is 4.74. The third-order valence-corrected chi connectivity index (χ3v) is 4.74. The molecule has 1 aliphatic carbocycles. The van der Waals surface area contributed by atoms with E-state index in [0.29, 0.717) is 6.42 Å². The number of nitrogens with one attached hydrogen (secondary N) is 1. The Labute approximate surface area is 149 Å². The second-order valence-electron chi connectivity index (χ2n) is 6.63. The van der Waals surface area contributed by atoms with Crippen LogP contribution < -0.4 is 5.32 Å². The topological polar surface area (TPSA) is 66.4 Å². The van der Waals surface area contributed by atoms with Crippen LogP contribution in [0.3, 0.4) is 0 Å². The molecule has 1 aliphatic rings. The number of carboxylic acid groups (broad SMARTS) is 1. The molecule has 0 heterocycles. The molecule has 1 fully saturated rings. The Balaban J connectivity index is 1.74. The lowest BCUT2D eigenvalue weighted by atomic mass is 9.98. The lowest BCUT2D eigenvalue weighted by Gasteiger charge is -2.19. The zero-order chi connectivity index (χ0) is 18.8. The molecule has 1 saturated carbocycles. The first kappa shape index (κ1) is 18.0. The maximum Gasteiger partial charge on any atom is 0.305 e. The number of hydrogen-bond donors (Lipinski definition) is 2. The summed E-state index contributed by atoms with van der Waals surface area (Å²) in [5.41, 5.74) is 1.80. The average Bonchev–Trinajstić information content (AvgIpc) is 3.37. The normalized spacial score (nSPS) is 19.7. The first-order valence-corrected chi connectivity index (χ1v) is 8.39. The smallest absolute Gasteiger partial charge is 0.305 e. The predicted molar refractivity (Wildman–Crippen MR) is 91.5 cm³/mol. The van der Waals surface area contributed by atoms with Gasteiger partial charge in [-0.3, -0.25) is 9.59 Å². The van der Waals surface area contributed by atoms with Gasteiger partial charge in [0.15, 0.2) is 0 Å². The van der Waals surface area contributed by atoms with Crippen molar-refractivity contribution < 1.29 is 23.5 Å². The summed E-state index contributed by atoms with van der Waals surface area (Å²) in [5, 5.41) is 11.9. The number of carbonyl (C=O) groups excluding carboxylic acids is 1. The Morgan fingerprint density at radius 1 is 1.23 bits per heavy atom. The highest BCUT2D eigenvalue weighted by molar-refractivity contribution is 5.84. The van der Waals surface area contributed by atoms with E-state index >= 15 is 0 Å². The third kappa shape index (κ3) is 3.90. The standard InChI is InChI=1S/C20H19F2NO3/c1-11-4-2-3-5-13(11)18(10-19(24)25)23-20(26)16-9-14(16)15-8-12(21)6-7-17(15)22/h2-8,14,16,18H,9-10H2,1H3,(H,23,26)(H,24,25). The van der Waals surface area contributed by atoms with E-state index in [1.165, 1.54) is 0 Å². The molecule has 0 aliphatic heterocycles. The monoisotopic (exact) mass is 359 g/mol. The number of carbonyl (C=O) groups is 2. The summed E-state index contributed by atoms with van der Waals surface area (Å²) in [5.74, 6) is -3.31. The molecule has 0 radical (unpaired) electrons. The zero-order valence-corrected chi connectivity index (χ0v) is 14.2. The van der Waals surface area contributed by atoms with E-state index < -0.39 is 29.6 Å². The highest BCUT2D eigenvalue weighted by Gasteiger charge is 2.46. The molecular formula is C20H19F2NO3. The van der Waals surface area contributed by atoms with Crippen molar-refractivity contribution in [3.05, 3.63) is 70.8 Å². The van der Waals surface area contributed by atoms with Crippen molar-refractivity contribution in [1.82, 2.24) is 5.32 Å². The van der Waals surface area contributed by atoms with Gasteiger partial charge in [0, 0.05) is 5.92 Å². The Morgan fingerprint density at radius 2 is 1.96 bits per heavy atom. The van der Waals surface area contributed by atoms with Crippen LogP contribution >= 0.6 is 0 Å². The molecule has 2 N–H and O–H groups in total. The second kappa shape index (κ2) is 7.23. The van der Waals surface area contributed by atoms with Crippen LogP contribution in [0.15, 0.2) is 42.5 Å². The fourth-order valence-corrected chi connectivity index (χ4v) is 3.30. The highest BCUT2D eigenvalue weighted by Crippen LogP contribution is 2.48. The number of rotatable bonds is 6. The van der Waals surface area contributed by atoms with Gasteiger partial charge in [-0.1, -0.05) is 24.3 Å². The number of benzene rings is 2. The van der Waals surface area contributed by atoms with Crippen molar-refractivity contribution in [2.75, 3.05) is 0 Å². The van der Waals surface area contributed by atoms with Gasteiger partial charge in [0.05, 0.1) is 12.5 Å². The summed E-state index contributed by atoms with van der Waals surface area (Å²) in [4.78, 5) is 23.7. The van der Waals surface area contributed by atoms with Crippen molar-refractivity contribution >= 4 is 11.9 Å². The molecule has 0 bridgehead atoms. The van der Waals surface area contributed by atoms with Gasteiger partial charge in [-0.05, 0) is 54.2 Å². The number of hydrogen-bond acceptors (Lipinski definition) is 2. The molecule has 136 valence electrons. The molecular weight excluding hydrogens is 340 g/mol. The van der Waals surface area contributed by atoms with Crippen molar-refractivity contribution in [1.29, 1.82) is 0 Å². The van der Waals surface area contributed by atoms with Crippen LogP contribution in [-0.2, 0) is 9.59 Å². The summed E-state index contributed by atoms with van der Waals surface area (Å²) < 4.78 is 27.2. The van der Waals surface area contributed by atoms with Crippen molar-refractivity contribution in [3.63, 3.8) is 0 Å². The maximum absolute atomic E-state index is 13.9. The number of amides is 1. The van der Waals surface area contributed by atoms with Crippen molar-refractivity contribution in [2.45, 2.75) is 31.7 Å². The molecule has 2 aromatic rings. The number of aliphatic carboxylic acids is 1. The molecule has 0 spiro atoms. The molecule has 0 aromatic heterocycles. The number of aryl methyl sites for hydroxylation is 1. The number of halogens is 2. The minimum absolute atomic E-state index is 0.191. The van der Waals surface area contributed by atoms with Crippen LogP contribution in [0.4, 0.5) is 8.78 Å². The summed E-state index contributed by atoms with van der Waals surface area (Å²) in [6, 6.07) is 9.78. The molecule has 3 atom stereocenters. The summed E-state index contributed by atoms with van der Waals surface area (Å²) in [6.07, 6.45) is 0.169. The quantitative estimate of drug-likeness (QED) is 0.826. The van der Waals surface area contributed by atoms with E-state index in [2.05, 4.69) is 5.32 Å². The van der Waals surface area contributed by atoms with Crippen LogP contribution in [0, 0.1) is 24.5 Å². The van der Waals surface area contributed by atoms with Gasteiger partial charge in [-0.15, -0.1) is 0 Å². The Kier molecular flexibility index (Phi) is 5.02. The maximum atomic E-state index is 13.9. The minimum Gasteiger partial charge on any atom is -0.481 e. The fourth-order valence-electron chi connectivity index (χ4n) is 3.30. The minimum atomic E-state index is -1.03. The van der Waals surface area contributed by atoms with Gasteiger partial charge < -0.3 is 10.4 Å². The summed E-state index contributed by atoms with van der Waals surface area (Å²) in [6.45, 7) is 1.85. The van der Waals surface area contributed by atoms with Gasteiger partial charge in [0.25, 0.3) is 0 Å². The summed E-state index contributed by atoms with van der Waals surface area (Å²) in [7, 11) is 0. The zero-order valence-electron chi connectivity index (χ0n) is 14.2. The Bertz CT molecular complexity index is 853. The van der Waals surface area contributed by atoms with Crippen LogP contribution in [0.2, 0.25) is 0 Å². The van der Waals surface area contributed by atoms with Crippen LogP contribution in [0.5, 0.6) is 0 Å². The van der Waals surface area contributed by atoms with Gasteiger partial charge in [0.2, 0.25) is 5.91 Å². The Morgan fingerprint density at radius 3 is 2.65 bits per heavy atom. The summed E-state index contributed by atoms with van der Waals surface area (Å²) >= 11 is 0. The van der Waals surface area contributed by atoms with E-state index in [0.717, 1.165) is 29.3 Å². The fraction of sp³-hybridized carbons (Fsp3) is 0.300. The van der Waals surface area contributed by atoms with Gasteiger partial charge in [0.1, 0.15) is 11.6 Å². The van der Waals surface area contributed by atoms with E-state index in [1.54, 1.807) is 12.1 Å². The first-order valence-electron chi connectivity index (χ1n) is 8.39. The van der Waals surface area contributed by atoms with Crippen molar-refractivity contribution in [3.8, 4) is 0 Å². The second-order valence-corrected chi connectivity index (χ2v) is 6.63. The van der Waals surface area contributed by atoms with Crippen LogP contribution in [0.1, 0.15) is 41.5 Å². The molecule has 0 saturated heterocycles. The molecule has 6 heteroatoms. The average molecular weight is 359 g/mol. The molecule has 4 nitrogen and oxygen atoms in total. The molecule has 26 heavy (non-hydrogen) atoms. The molecule has 2 aromatic carbocycles. The predicted octanol–water partition coefficient (Wildman–Crippen LogP) is 3.71. The van der Waals surface area contributed by atoms with Gasteiger partial charge in [-0.2, -0.15) is 0 Å². The van der Waals surface area contributed by atoms with E-state index in [-0.39, 0.29) is 23.8 Å². The molecule has 3 unspecified atom stereocenters. The Hall–Kier alpha value is -2.76. The number of carboxylic acids is 1. The lowest BCUT2D eigenvalue weighted by molar-refractivity contribution is -0.137. The van der Waals surface area contributed by atoms with Crippen LogP contribution in [0.25, 0.3) is 0 Å². The lowest BCUT2D eigenvalue weighted by Crippen LogP contribution is -2.32. The highest BCUT2D eigenvalue weighted by atomic mass is 19.1.